The smallest absolute Gasteiger partial charge is 0.225 e. The summed E-state index contributed by atoms with van der Waals surface area (Å²) in [7, 11) is -2.97. The average molecular weight is 324 g/mol. The minimum atomic E-state index is -2.97. The standard InChI is InChI=1S/C14H20N4O3S/c19-13(17-12-4-8-22(20,21)10-12)11-3-1-7-18(9-11)14-15-5-2-6-16-14/h2,5-6,11-12H,1,3-4,7-10H2,(H,17,19)/t11-,12+/m1/s1. The zero-order valence-electron chi connectivity index (χ0n) is 12.3. The molecule has 2 atom stereocenters. The van der Waals surface area contributed by atoms with E-state index >= 15 is 0 Å². The highest BCUT2D eigenvalue weighted by Gasteiger charge is 2.32. The quantitative estimate of drug-likeness (QED) is 0.841. The monoisotopic (exact) mass is 324 g/mol. The van der Waals surface area contributed by atoms with Gasteiger partial charge in [-0.1, -0.05) is 0 Å². The van der Waals surface area contributed by atoms with Crippen molar-refractivity contribution in [2.45, 2.75) is 25.3 Å². The van der Waals surface area contributed by atoms with Crippen molar-refractivity contribution in [3.63, 3.8) is 0 Å². The van der Waals surface area contributed by atoms with E-state index in [0.717, 1.165) is 19.4 Å². The first-order chi connectivity index (χ1) is 10.5. The largest absolute Gasteiger partial charge is 0.352 e. The zero-order valence-corrected chi connectivity index (χ0v) is 13.1. The van der Waals surface area contributed by atoms with Crippen LogP contribution in [0.3, 0.4) is 0 Å². The highest BCUT2D eigenvalue weighted by Crippen LogP contribution is 2.21. The molecular formula is C14H20N4O3S. The Morgan fingerprint density at radius 3 is 2.73 bits per heavy atom. The van der Waals surface area contributed by atoms with E-state index in [0.29, 0.717) is 18.9 Å². The van der Waals surface area contributed by atoms with Crippen LogP contribution in [0.15, 0.2) is 18.5 Å². The van der Waals surface area contributed by atoms with Gasteiger partial charge in [-0.25, -0.2) is 18.4 Å². The molecule has 2 aliphatic rings. The first-order valence-electron chi connectivity index (χ1n) is 7.56. The van der Waals surface area contributed by atoms with Crippen LogP contribution in [0.4, 0.5) is 5.95 Å². The number of carbonyl (C=O) groups excluding carboxylic acids is 1. The lowest BCUT2D eigenvalue weighted by Crippen LogP contribution is -2.46. The second-order valence-electron chi connectivity index (χ2n) is 5.94. The van der Waals surface area contributed by atoms with Crippen molar-refractivity contribution >= 4 is 21.7 Å². The molecule has 22 heavy (non-hydrogen) atoms. The van der Waals surface area contributed by atoms with Crippen molar-refractivity contribution in [3.05, 3.63) is 18.5 Å². The SMILES string of the molecule is O=C(N[C@H]1CCS(=O)(=O)C1)[C@@H]1CCCN(c2ncccn2)C1. The van der Waals surface area contributed by atoms with Gasteiger partial charge in [0, 0.05) is 31.5 Å². The highest BCUT2D eigenvalue weighted by atomic mass is 32.2. The van der Waals surface area contributed by atoms with Crippen molar-refractivity contribution in [3.8, 4) is 0 Å². The highest BCUT2D eigenvalue weighted by molar-refractivity contribution is 7.91. The maximum atomic E-state index is 12.4. The number of rotatable bonds is 3. The lowest BCUT2D eigenvalue weighted by Gasteiger charge is -2.32. The van der Waals surface area contributed by atoms with E-state index in [4.69, 9.17) is 0 Å². The molecule has 2 fully saturated rings. The van der Waals surface area contributed by atoms with Crippen molar-refractivity contribution in [2.24, 2.45) is 5.92 Å². The molecule has 0 aliphatic carbocycles. The van der Waals surface area contributed by atoms with Crippen LogP contribution >= 0.6 is 0 Å². The Hall–Kier alpha value is -1.70. The van der Waals surface area contributed by atoms with Gasteiger partial charge >= 0.3 is 0 Å². The third-order valence-corrected chi connectivity index (χ3v) is 5.97. The van der Waals surface area contributed by atoms with E-state index < -0.39 is 9.84 Å². The van der Waals surface area contributed by atoms with Gasteiger partial charge in [0.1, 0.15) is 0 Å². The van der Waals surface area contributed by atoms with Crippen molar-refractivity contribution in [1.82, 2.24) is 15.3 Å². The number of sulfone groups is 1. The summed E-state index contributed by atoms with van der Waals surface area (Å²) in [4.78, 5) is 22.8. The molecule has 120 valence electrons. The molecule has 8 heteroatoms. The maximum Gasteiger partial charge on any atom is 0.225 e. The summed E-state index contributed by atoms with van der Waals surface area (Å²) in [5.74, 6) is 0.691. The summed E-state index contributed by atoms with van der Waals surface area (Å²) >= 11 is 0. The molecule has 0 bridgehead atoms. The number of piperidine rings is 1. The van der Waals surface area contributed by atoms with Crippen LogP contribution in [-0.4, -0.2) is 54.9 Å². The Morgan fingerprint density at radius 1 is 1.27 bits per heavy atom. The minimum absolute atomic E-state index is 0.0530. The third kappa shape index (κ3) is 3.55. The summed E-state index contributed by atoms with van der Waals surface area (Å²) in [6.07, 6.45) is 5.62. The molecule has 0 spiro atoms. The molecule has 0 aromatic carbocycles. The number of hydrogen-bond acceptors (Lipinski definition) is 6. The Kier molecular flexibility index (Phi) is 4.28. The number of amides is 1. The molecule has 0 saturated carbocycles. The first kappa shape index (κ1) is 15.2. The Bertz CT molecular complexity index is 635. The minimum Gasteiger partial charge on any atom is -0.352 e. The first-order valence-corrected chi connectivity index (χ1v) is 9.38. The molecule has 2 aliphatic heterocycles. The van der Waals surface area contributed by atoms with Crippen molar-refractivity contribution < 1.29 is 13.2 Å². The Morgan fingerprint density at radius 2 is 2.05 bits per heavy atom. The van der Waals surface area contributed by atoms with Crippen LogP contribution in [0.25, 0.3) is 0 Å². The van der Waals surface area contributed by atoms with Crippen LogP contribution < -0.4 is 10.2 Å². The van der Waals surface area contributed by atoms with E-state index in [1.54, 1.807) is 18.5 Å². The topological polar surface area (TPSA) is 92.3 Å². The fourth-order valence-electron chi connectivity index (χ4n) is 3.06. The number of hydrogen-bond donors (Lipinski definition) is 1. The summed E-state index contributed by atoms with van der Waals surface area (Å²) in [5.41, 5.74) is 0. The van der Waals surface area contributed by atoms with Gasteiger partial charge in [-0.15, -0.1) is 0 Å². The molecule has 0 radical (unpaired) electrons. The lowest BCUT2D eigenvalue weighted by atomic mass is 9.97. The van der Waals surface area contributed by atoms with Gasteiger partial charge in [0.05, 0.1) is 17.4 Å². The number of nitrogens with zero attached hydrogens (tertiary/aromatic N) is 3. The summed E-state index contributed by atoms with van der Waals surface area (Å²) < 4.78 is 22.9. The van der Waals surface area contributed by atoms with Gasteiger partial charge in [-0.05, 0) is 25.3 Å². The van der Waals surface area contributed by atoms with Gasteiger partial charge in [0.15, 0.2) is 9.84 Å². The number of anilines is 1. The number of carbonyl (C=O) groups is 1. The second-order valence-corrected chi connectivity index (χ2v) is 8.17. The van der Waals surface area contributed by atoms with E-state index in [1.807, 2.05) is 4.90 Å². The molecule has 1 amide bonds. The molecule has 1 aromatic rings. The predicted octanol–water partition coefficient (Wildman–Crippen LogP) is -0.00370. The molecule has 7 nitrogen and oxygen atoms in total. The van der Waals surface area contributed by atoms with E-state index in [9.17, 15) is 13.2 Å². The summed E-state index contributed by atoms with van der Waals surface area (Å²) in [6.45, 7) is 1.42. The van der Waals surface area contributed by atoms with Crippen molar-refractivity contribution in [2.75, 3.05) is 29.5 Å². The predicted molar refractivity (Wildman–Crippen MR) is 82.2 cm³/mol. The number of aromatic nitrogens is 2. The Balaban J connectivity index is 1.59. The van der Waals surface area contributed by atoms with Gasteiger partial charge in [0.25, 0.3) is 0 Å². The summed E-state index contributed by atoms with van der Waals surface area (Å²) in [6, 6.07) is 1.53. The van der Waals surface area contributed by atoms with Crippen LogP contribution in [0.5, 0.6) is 0 Å². The van der Waals surface area contributed by atoms with Crippen LogP contribution in [-0.2, 0) is 14.6 Å². The maximum absolute atomic E-state index is 12.4. The molecule has 1 N–H and O–H groups in total. The summed E-state index contributed by atoms with van der Waals surface area (Å²) in [5, 5.41) is 2.89. The fourth-order valence-corrected chi connectivity index (χ4v) is 4.73. The van der Waals surface area contributed by atoms with E-state index in [2.05, 4.69) is 15.3 Å². The lowest BCUT2D eigenvalue weighted by molar-refractivity contribution is -0.125. The number of nitrogens with one attached hydrogen (secondary N) is 1. The van der Waals surface area contributed by atoms with Gasteiger partial charge < -0.3 is 10.2 Å². The average Bonchev–Trinajstić information content (AvgIpc) is 2.87. The fraction of sp³-hybridized carbons (Fsp3) is 0.643. The molecule has 0 unspecified atom stereocenters. The molecule has 3 rings (SSSR count). The van der Waals surface area contributed by atoms with Gasteiger partial charge in [-0.3, -0.25) is 4.79 Å². The van der Waals surface area contributed by atoms with E-state index in [1.165, 1.54) is 0 Å². The molecule has 1 aromatic heterocycles. The van der Waals surface area contributed by atoms with Crippen LogP contribution in [0.1, 0.15) is 19.3 Å². The van der Waals surface area contributed by atoms with E-state index in [-0.39, 0.29) is 29.4 Å². The van der Waals surface area contributed by atoms with Gasteiger partial charge in [-0.2, -0.15) is 0 Å². The van der Waals surface area contributed by atoms with Crippen LogP contribution in [0.2, 0.25) is 0 Å². The van der Waals surface area contributed by atoms with Crippen LogP contribution in [0, 0.1) is 5.92 Å². The molecular weight excluding hydrogens is 304 g/mol. The second kappa shape index (κ2) is 6.20. The zero-order chi connectivity index (χ0) is 15.6. The molecule has 3 heterocycles. The normalized spacial score (nSPS) is 27.5. The Labute approximate surface area is 130 Å². The van der Waals surface area contributed by atoms with Crippen molar-refractivity contribution in [1.29, 1.82) is 0 Å². The molecule has 2 saturated heterocycles. The third-order valence-electron chi connectivity index (χ3n) is 4.21. The van der Waals surface area contributed by atoms with Gasteiger partial charge in [0.2, 0.25) is 11.9 Å².